The maximum atomic E-state index is 3.67. The fourth-order valence-corrected chi connectivity index (χ4v) is 3.56. The van der Waals surface area contributed by atoms with Gasteiger partial charge < -0.3 is 5.32 Å². The highest BCUT2D eigenvalue weighted by molar-refractivity contribution is 7.98. The number of aryl methyl sites for hydroxylation is 1. The summed E-state index contributed by atoms with van der Waals surface area (Å²) in [7, 11) is 0. The molecule has 1 nitrogen and oxygen atoms in total. The van der Waals surface area contributed by atoms with E-state index in [4.69, 9.17) is 0 Å². The summed E-state index contributed by atoms with van der Waals surface area (Å²) in [5.74, 6) is 0. The molecule has 0 aliphatic rings. The van der Waals surface area contributed by atoms with Crippen molar-refractivity contribution >= 4 is 23.1 Å². The number of hydrogen-bond donors (Lipinski definition) is 1. The molecular formula is C16H21NS2. The number of nitrogens with one attached hydrogen (secondary N) is 1. The zero-order valence-electron chi connectivity index (χ0n) is 11.8. The Kier molecular flexibility index (Phi) is 5.49. The second-order valence-electron chi connectivity index (χ2n) is 4.63. The van der Waals surface area contributed by atoms with Gasteiger partial charge in [-0.05, 0) is 60.9 Å². The molecule has 1 heterocycles. The molecule has 0 saturated carbocycles. The van der Waals surface area contributed by atoms with Crippen LogP contribution in [0.2, 0.25) is 0 Å². The fourth-order valence-electron chi connectivity index (χ4n) is 2.13. The fraction of sp³-hybridized carbons (Fsp3) is 0.375. The van der Waals surface area contributed by atoms with Gasteiger partial charge in [-0.3, -0.25) is 0 Å². The maximum absolute atomic E-state index is 3.67. The Hall–Kier alpha value is -0.770. The van der Waals surface area contributed by atoms with E-state index in [1.165, 1.54) is 20.9 Å². The second-order valence-corrected chi connectivity index (χ2v) is 6.46. The van der Waals surface area contributed by atoms with Gasteiger partial charge in [0.15, 0.2) is 0 Å². The summed E-state index contributed by atoms with van der Waals surface area (Å²) in [6.45, 7) is 5.46. The first-order valence-corrected chi connectivity index (χ1v) is 8.78. The first-order chi connectivity index (χ1) is 9.26. The van der Waals surface area contributed by atoms with Crippen LogP contribution in [-0.4, -0.2) is 12.8 Å². The normalized spacial score (nSPS) is 12.6. The van der Waals surface area contributed by atoms with Crippen LogP contribution in [0.4, 0.5) is 0 Å². The van der Waals surface area contributed by atoms with Crippen molar-refractivity contribution < 1.29 is 0 Å². The Labute approximate surface area is 124 Å². The third kappa shape index (κ3) is 3.62. The van der Waals surface area contributed by atoms with Crippen molar-refractivity contribution in [3.8, 4) is 0 Å². The van der Waals surface area contributed by atoms with Crippen molar-refractivity contribution in [2.45, 2.75) is 31.2 Å². The van der Waals surface area contributed by atoms with Gasteiger partial charge in [0, 0.05) is 9.77 Å². The van der Waals surface area contributed by atoms with E-state index < -0.39 is 0 Å². The van der Waals surface area contributed by atoms with Gasteiger partial charge in [-0.15, -0.1) is 23.1 Å². The molecule has 1 N–H and O–H groups in total. The number of thioether (sulfide) groups is 1. The van der Waals surface area contributed by atoms with Gasteiger partial charge in [-0.1, -0.05) is 19.1 Å². The van der Waals surface area contributed by atoms with Crippen molar-refractivity contribution in [3.05, 3.63) is 51.7 Å². The topological polar surface area (TPSA) is 12.0 Å². The summed E-state index contributed by atoms with van der Waals surface area (Å²) in [6.07, 6.45) is 3.27. The number of thiophene rings is 1. The molecule has 2 rings (SSSR count). The Morgan fingerprint density at radius 2 is 1.95 bits per heavy atom. The molecule has 0 bridgehead atoms. The van der Waals surface area contributed by atoms with Gasteiger partial charge in [0.05, 0.1) is 6.04 Å². The molecule has 102 valence electrons. The minimum atomic E-state index is 0.329. The van der Waals surface area contributed by atoms with Crippen molar-refractivity contribution in [1.82, 2.24) is 5.32 Å². The molecule has 0 aliphatic heterocycles. The summed E-state index contributed by atoms with van der Waals surface area (Å²) < 4.78 is 0. The van der Waals surface area contributed by atoms with E-state index in [9.17, 15) is 0 Å². The SMILES string of the molecule is CCCNC(c1ccc(SC)cc1)c1sccc1C. The van der Waals surface area contributed by atoms with Gasteiger partial charge in [-0.2, -0.15) is 0 Å². The molecule has 1 aromatic heterocycles. The summed E-state index contributed by atoms with van der Waals surface area (Å²) in [5, 5.41) is 5.85. The molecular weight excluding hydrogens is 270 g/mol. The van der Waals surface area contributed by atoms with Gasteiger partial charge in [0.1, 0.15) is 0 Å². The minimum absolute atomic E-state index is 0.329. The summed E-state index contributed by atoms with van der Waals surface area (Å²) in [5.41, 5.74) is 2.74. The van der Waals surface area contributed by atoms with Crippen LogP contribution in [0.5, 0.6) is 0 Å². The molecule has 1 atom stereocenters. The van der Waals surface area contributed by atoms with E-state index in [-0.39, 0.29) is 0 Å². The van der Waals surface area contributed by atoms with Crippen molar-refractivity contribution in [2.24, 2.45) is 0 Å². The van der Waals surface area contributed by atoms with Crippen molar-refractivity contribution in [1.29, 1.82) is 0 Å². The highest BCUT2D eigenvalue weighted by atomic mass is 32.2. The van der Waals surface area contributed by atoms with Gasteiger partial charge in [-0.25, -0.2) is 0 Å². The average Bonchev–Trinajstić information content (AvgIpc) is 2.86. The highest BCUT2D eigenvalue weighted by Crippen LogP contribution is 2.30. The predicted octanol–water partition coefficient (Wildman–Crippen LogP) is 4.87. The van der Waals surface area contributed by atoms with Gasteiger partial charge in [0.25, 0.3) is 0 Å². The Morgan fingerprint density at radius 1 is 1.21 bits per heavy atom. The second kappa shape index (κ2) is 7.13. The monoisotopic (exact) mass is 291 g/mol. The lowest BCUT2D eigenvalue weighted by atomic mass is 10.0. The van der Waals surface area contributed by atoms with Crippen LogP contribution in [0.3, 0.4) is 0 Å². The smallest absolute Gasteiger partial charge is 0.0673 e. The van der Waals surface area contributed by atoms with E-state index in [1.807, 2.05) is 11.3 Å². The number of rotatable bonds is 6. The molecule has 0 spiro atoms. The van der Waals surface area contributed by atoms with E-state index >= 15 is 0 Å². The molecule has 2 aromatic rings. The lowest BCUT2D eigenvalue weighted by molar-refractivity contribution is 0.603. The van der Waals surface area contributed by atoms with Crippen molar-refractivity contribution in [3.63, 3.8) is 0 Å². The van der Waals surface area contributed by atoms with Crippen LogP contribution >= 0.6 is 23.1 Å². The molecule has 19 heavy (non-hydrogen) atoms. The molecule has 0 fully saturated rings. The summed E-state index contributed by atoms with van der Waals surface area (Å²) >= 11 is 3.64. The number of benzene rings is 1. The Balaban J connectivity index is 2.28. The molecule has 1 aromatic carbocycles. The molecule has 1 unspecified atom stereocenters. The largest absolute Gasteiger partial charge is 0.306 e. The average molecular weight is 291 g/mol. The number of hydrogen-bond acceptors (Lipinski definition) is 3. The summed E-state index contributed by atoms with van der Waals surface area (Å²) in [4.78, 5) is 2.76. The van der Waals surface area contributed by atoms with E-state index in [0.29, 0.717) is 6.04 Å². The maximum Gasteiger partial charge on any atom is 0.0673 e. The van der Waals surface area contributed by atoms with Crippen LogP contribution < -0.4 is 5.32 Å². The zero-order valence-corrected chi connectivity index (χ0v) is 13.4. The van der Waals surface area contributed by atoms with Crippen LogP contribution in [0, 0.1) is 6.92 Å². The third-order valence-corrected chi connectivity index (χ3v) is 5.04. The van der Waals surface area contributed by atoms with E-state index in [2.05, 4.69) is 61.1 Å². The Morgan fingerprint density at radius 3 is 2.47 bits per heavy atom. The van der Waals surface area contributed by atoms with Crippen LogP contribution in [-0.2, 0) is 0 Å². The molecule has 0 radical (unpaired) electrons. The molecule has 3 heteroatoms. The molecule has 0 saturated heterocycles. The highest BCUT2D eigenvalue weighted by Gasteiger charge is 2.16. The van der Waals surface area contributed by atoms with Crippen LogP contribution in [0.25, 0.3) is 0 Å². The van der Waals surface area contributed by atoms with Crippen molar-refractivity contribution in [2.75, 3.05) is 12.8 Å². The first-order valence-electron chi connectivity index (χ1n) is 6.67. The van der Waals surface area contributed by atoms with E-state index in [1.54, 1.807) is 11.8 Å². The lowest BCUT2D eigenvalue weighted by Crippen LogP contribution is -2.22. The minimum Gasteiger partial charge on any atom is -0.306 e. The van der Waals surface area contributed by atoms with Gasteiger partial charge in [0.2, 0.25) is 0 Å². The van der Waals surface area contributed by atoms with E-state index in [0.717, 1.165) is 13.0 Å². The third-order valence-electron chi connectivity index (χ3n) is 3.21. The first kappa shape index (κ1) is 14.6. The van der Waals surface area contributed by atoms with Crippen LogP contribution in [0.15, 0.2) is 40.6 Å². The lowest BCUT2D eigenvalue weighted by Gasteiger charge is -2.19. The summed E-state index contributed by atoms with van der Waals surface area (Å²) in [6, 6.07) is 11.5. The standard InChI is InChI=1S/C16H21NS2/c1-4-10-17-15(16-12(2)9-11-19-16)13-5-7-14(18-3)8-6-13/h5-9,11,15,17H,4,10H2,1-3H3. The predicted molar refractivity (Wildman–Crippen MR) is 87.4 cm³/mol. The molecule has 0 amide bonds. The quantitative estimate of drug-likeness (QED) is 0.762. The molecule has 0 aliphatic carbocycles. The van der Waals surface area contributed by atoms with Gasteiger partial charge >= 0.3 is 0 Å². The van der Waals surface area contributed by atoms with Crippen LogP contribution in [0.1, 0.15) is 35.4 Å². The Bertz CT molecular complexity index is 502. The zero-order chi connectivity index (χ0) is 13.7.